The van der Waals surface area contributed by atoms with E-state index in [-0.39, 0.29) is 5.91 Å². The molecule has 0 saturated carbocycles. The SMILES string of the molecule is Cc1cc(Cl)ccc1Nc1cncc(C(=O)N2CCCCCC2)c1. The summed E-state index contributed by atoms with van der Waals surface area (Å²) in [4.78, 5) is 18.9. The smallest absolute Gasteiger partial charge is 0.255 e. The van der Waals surface area contributed by atoms with Crippen LogP contribution in [0.1, 0.15) is 41.6 Å². The van der Waals surface area contributed by atoms with Crippen molar-refractivity contribution in [2.24, 2.45) is 0 Å². The molecule has 2 aromatic rings. The Hall–Kier alpha value is -2.07. The van der Waals surface area contributed by atoms with Gasteiger partial charge in [-0.1, -0.05) is 24.4 Å². The van der Waals surface area contributed by atoms with Gasteiger partial charge in [-0.3, -0.25) is 9.78 Å². The first-order chi connectivity index (χ1) is 11.6. The minimum atomic E-state index is 0.0703. The van der Waals surface area contributed by atoms with Crippen molar-refractivity contribution in [3.8, 4) is 0 Å². The summed E-state index contributed by atoms with van der Waals surface area (Å²) < 4.78 is 0. The molecule has 24 heavy (non-hydrogen) atoms. The van der Waals surface area contributed by atoms with Gasteiger partial charge in [-0.25, -0.2) is 0 Å². The van der Waals surface area contributed by atoms with Gasteiger partial charge in [-0.05, 0) is 49.6 Å². The zero-order valence-corrected chi connectivity index (χ0v) is 14.6. The van der Waals surface area contributed by atoms with E-state index in [2.05, 4.69) is 10.3 Å². The predicted molar refractivity (Wildman–Crippen MR) is 98.1 cm³/mol. The average molecular weight is 344 g/mol. The number of halogens is 1. The minimum Gasteiger partial charge on any atom is -0.354 e. The highest BCUT2D eigenvalue weighted by Crippen LogP contribution is 2.24. The van der Waals surface area contributed by atoms with E-state index >= 15 is 0 Å². The van der Waals surface area contributed by atoms with Gasteiger partial charge in [0.15, 0.2) is 0 Å². The number of carbonyl (C=O) groups is 1. The Kier molecular flexibility index (Phi) is 5.36. The number of benzene rings is 1. The van der Waals surface area contributed by atoms with E-state index < -0.39 is 0 Å². The first-order valence-electron chi connectivity index (χ1n) is 8.41. The summed E-state index contributed by atoms with van der Waals surface area (Å²) >= 11 is 6.00. The number of anilines is 2. The van der Waals surface area contributed by atoms with Crippen molar-refractivity contribution >= 4 is 28.9 Å². The maximum Gasteiger partial charge on any atom is 0.255 e. The fourth-order valence-electron chi connectivity index (χ4n) is 3.00. The van der Waals surface area contributed by atoms with Crippen molar-refractivity contribution in [3.63, 3.8) is 0 Å². The molecule has 0 unspecified atom stereocenters. The molecule has 0 spiro atoms. The maximum absolute atomic E-state index is 12.7. The molecule has 2 heterocycles. The molecule has 5 heteroatoms. The zero-order chi connectivity index (χ0) is 16.9. The normalized spacial score (nSPS) is 15.0. The summed E-state index contributed by atoms with van der Waals surface area (Å²) in [7, 11) is 0. The van der Waals surface area contributed by atoms with Crippen LogP contribution in [0, 0.1) is 6.92 Å². The van der Waals surface area contributed by atoms with Gasteiger partial charge in [0.2, 0.25) is 0 Å². The number of likely N-dealkylation sites (tertiary alicyclic amines) is 1. The van der Waals surface area contributed by atoms with Crippen molar-refractivity contribution in [2.45, 2.75) is 32.6 Å². The van der Waals surface area contributed by atoms with Crippen LogP contribution in [0.5, 0.6) is 0 Å². The lowest BCUT2D eigenvalue weighted by Crippen LogP contribution is -2.31. The molecule has 1 N–H and O–H groups in total. The van der Waals surface area contributed by atoms with Gasteiger partial charge in [-0.2, -0.15) is 0 Å². The second-order valence-electron chi connectivity index (χ2n) is 6.25. The Morgan fingerprint density at radius 1 is 1.12 bits per heavy atom. The highest BCUT2D eigenvalue weighted by Gasteiger charge is 2.18. The third kappa shape index (κ3) is 4.06. The van der Waals surface area contributed by atoms with E-state index in [9.17, 15) is 4.79 Å². The Labute approximate surface area is 147 Å². The van der Waals surface area contributed by atoms with E-state index in [1.807, 2.05) is 36.1 Å². The van der Waals surface area contributed by atoms with Crippen molar-refractivity contribution in [3.05, 3.63) is 52.8 Å². The van der Waals surface area contributed by atoms with E-state index in [0.717, 1.165) is 42.9 Å². The molecule has 1 fully saturated rings. The molecule has 1 aliphatic rings. The highest BCUT2D eigenvalue weighted by molar-refractivity contribution is 6.30. The summed E-state index contributed by atoms with van der Waals surface area (Å²) in [6, 6.07) is 7.55. The number of hydrogen-bond acceptors (Lipinski definition) is 3. The molecular weight excluding hydrogens is 322 g/mol. The third-order valence-electron chi connectivity index (χ3n) is 4.35. The number of nitrogens with zero attached hydrogens (tertiary/aromatic N) is 2. The molecular formula is C19H22ClN3O. The average Bonchev–Trinajstić information content (AvgIpc) is 2.86. The minimum absolute atomic E-state index is 0.0703. The van der Waals surface area contributed by atoms with Crippen LogP contribution in [0.15, 0.2) is 36.7 Å². The van der Waals surface area contributed by atoms with E-state index in [4.69, 9.17) is 11.6 Å². The molecule has 126 valence electrons. The lowest BCUT2D eigenvalue weighted by atomic mass is 10.2. The van der Waals surface area contributed by atoms with Crippen LogP contribution in [-0.4, -0.2) is 28.9 Å². The molecule has 0 atom stereocenters. The van der Waals surface area contributed by atoms with Gasteiger partial charge in [-0.15, -0.1) is 0 Å². The number of carbonyl (C=O) groups excluding carboxylic acids is 1. The standard InChI is InChI=1S/C19H22ClN3O/c1-14-10-16(20)6-7-18(14)22-17-11-15(12-21-13-17)19(24)23-8-4-2-3-5-9-23/h6-7,10-13,22H,2-5,8-9H2,1H3. The molecule has 1 aromatic carbocycles. The second kappa shape index (κ2) is 7.67. The van der Waals surface area contributed by atoms with E-state index in [0.29, 0.717) is 10.6 Å². The van der Waals surface area contributed by atoms with Gasteiger partial charge < -0.3 is 10.2 Å². The molecule has 1 aliphatic heterocycles. The van der Waals surface area contributed by atoms with Gasteiger partial charge in [0.05, 0.1) is 17.4 Å². The number of hydrogen-bond donors (Lipinski definition) is 1. The summed E-state index contributed by atoms with van der Waals surface area (Å²) in [5.41, 5.74) is 3.45. The predicted octanol–water partition coefficient (Wildman–Crippen LogP) is 4.80. The first kappa shape index (κ1) is 16.8. The zero-order valence-electron chi connectivity index (χ0n) is 13.9. The number of amides is 1. The topological polar surface area (TPSA) is 45.2 Å². The molecule has 0 aliphatic carbocycles. The molecule has 3 rings (SSSR count). The van der Waals surface area contributed by atoms with Crippen LogP contribution in [0.2, 0.25) is 5.02 Å². The number of aryl methyl sites for hydroxylation is 1. The van der Waals surface area contributed by atoms with Gasteiger partial charge >= 0.3 is 0 Å². The van der Waals surface area contributed by atoms with Crippen LogP contribution < -0.4 is 5.32 Å². The number of aromatic nitrogens is 1. The van der Waals surface area contributed by atoms with Crippen LogP contribution in [-0.2, 0) is 0 Å². The Balaban J connectivity index is 1.77. The lowest BCUT2D eigenvalue weighted by molar-refractivity contribution is 0.0761. The van der Waals surface area contributed by atoms with Crippen molar-refractivity contribution in [1.82, 2.24) is 9.88 Å². The third-order valence-corrected chi connectivity index (χ3v) is 4.58. The summed E-state index contributed by atoms with van der Waals surface area (Å²) in [6.07, 6.45) is 7.96. The van der Waals surface area contributed by atoms with Gasteiger partial charge in [0.1, 0.15) is 0 Å². The Bertz CT molecular complexity index is 724. The van der Waals surface area contributed by atoms with E-state index in [1.165, 1.54) is 12.8 Å². The largest absolute Gasteiger partial charge is 0.354 e. The Morgan fingerprint density at radius 3 is 2.58 bits per heavy atom. The van der Waals surface area contributed by atoms with Crippen LogP contribution in [0.25, 0.3) is 0 Å². The fourth-order valence-corrected chi connectivity index (χ4v) is 3.23. The number of pyridine rings is 1. The van der Waals surface area contributed by atoms with Gasteiger partial charge in [0.25, 0.3) is 5.91 Å². The van der Waals surface area contributed by atoms with Gasteiger partial charge in [0, 0.05) is 30.0 Å². The van der Waals surface area contributed by atoms with Crippen molar-refractivity contribution in [2.75, 3.05) is 18.4 Å². The van der Waals surface area contributed by atoms with Crippen LogP contribution in [0.4, 0.5) is 11.4 Å². The van der Waals surface area contributed by atoms with Crippen LogP contribution in [0.3, 0.4) is 0 Å². The lowest BCUT2D eigenvalue weighted by Gasteiger charge is -2.20. The van der Waals surface area contributed by atoms with Crippen molar-refractivity contribution < 1.29 is 4.79 Å². The second-order valence-corrected chi connectivity index (χ2v) is 6.69. The molecule has 1 amide bonds. The maximum atomic E-state index is 12.7. The van der Waals surface area contributed by atoms with E-state index in [1.54, 1.807) is 12.4 Å². The molecule has 1 aromatic heterocycles. The monoisotopic (exact) mass is 343 g/mol. The fraction of sp³-hybridized carbons (Fsp3) is 0.368. The summed E-state index contributed by atoms with van der Waals surface area (Å²) in [5.74, 6) is 0.0703. The summed E-state index contributed by atoms with van der Waals surface area (Å²) in [5, 5.41) is 4.03. The molecule has 0 bridgehead atoms. The molecule has 4 nitrogen and oxygen atoms in total. The highest BCUT2D eigenvalue weighted by atomic mass is 35.5. The molecule has 0 radical (unpaired) electrons. The quantitative estimate of drug-likeness (QED) is 0.870. The number of rotatable bonds is 3. The number of nitrogens with one attached hydrogen (secondary N) is 1. The summed E-state index contributed by atoms with van der Waals surface area (Å²) in [6.45, 7) is 3.67. The first-order valence-corrected chi connectivity index (χ1v) is 8.79. The van der Waals surface area contributed by atoms with Crippen molar-refractivity contribution in [1.29, 1.82) is 0 Å². The Morgan fingerprint density at radius 2 is 1.88 bits per heavy atom. The molecule has 1 saturated heterocycles. The van der Waals surface area contributed by atoms with Crippen LogP contribution >= 0.6 is 11.6 Å².